The molecule has 0 unspecified atom stereocenters. The van der Waals surface area contributed by atoms with Crippen LogP contribution in [0, 0.1) is 6.92 Å². The van der Waals surface area contributed by atoms with E-state index < -0.39 is 15.9 Å². The van der Waals surface area contributed by atoms with Gasteiger partial charge in [0.1, 0.15) is 10.8 Å². The SMILES string of the molecule is Cc1ccc(S(=O)(=O)N2CCCCC2)cc1NC(=O)c1nc(Cl)ccc1Cl. The molecule has 0 spiro atoms. The lowest BCUT2D eigenvalue weighted by atomic mass is 10.2. The summed E-state index contributed by atoms with van der Waals surface area (Å²) < 4.78 is 27.2. The fraction of sp³-hybridized carbons (Fsp3) is 0.333. The van der Waals surface area contributed by atoms with E-state index in [0.717, 1.165) is 24.8 Å². The number of hydrogen-bond donors (Lipinski definition) is 1. The van der Waals surface area contributed by atoms with E-state index >= 15 is 0 Å². The number of amides is 1. The third-order valence-electron chi connectivity index (χ3n) is 4.44. The number of rotatable bonds is 4. The van der Waals surface area contributed by atoms with Gasteiger partial charge in [0.05, 0.1) is 9.92 Å². The first-order chi connectivity index (χ1) is 12.8. The average molecular weight is 428 g/mol. The van der Waals surface area contributed by atoms with Crippen LogP contribution >= 0.6 is 23.2 Å². The first-order valence-corrected chi connectivity index (χ1v) is 10.7. The minimum atomic E-state index is -3.60. The molecule has 0 bridgehead atoms. The van der Waals surface area contributed by atoms with Gasteiger partial charge in [0.15, 0.2) is 0 Å². The Morgan fingerprint density at radius 2 is 1.81 bits per heavy atom. The molecule has 2 heterocycles. The van der Waals surface area contributed by atoms with Crippen LogP contribution in [0.2, 0.25) is 10.2 Å². The second-order valence-electron chi connectivity index (χ2n) is 6.36. The number of nitrogens with zero attached hydrogens (tertiary/aromatic N) is 2. The average Bonchev–Trinajstić information content (AvgIpc) is 2.66. The highest BCUT2D eigenvalue weighted by Gasteiger charge is 2.26. The predicted octanol–water partition coefficient (Wildman–Crippen LogP) is 4.12. The molecule has 1 aliphatic rings. The molecule has 2 aromatic rings. The van der Waals surface area contributed by atoms with Crippen LogP contribution in [0.25, 0.3) is 0 Å². The minimum Gasteiger partial charge on any atom is -0.320 e. The Balaban J connectivity index is 1.89. The Labute approximate surface area is 168 Å². The molecule has 0 atom stereocenters. The molecule has 1 aromatic heterocycles. The molecule has 1 amide bonds. The molecular weight excluding hydrogens is 409 g/mol. The lowest BCUT2D eigenvalue weighted by Gasteiger charge is -2.26. The van der Waals surface area contributed by atoms with Gasteiger partial charge in [-0.3, -0.25) is 4.79 Å². The van der Waals surface area contributed by atoms with Crippen LogP contribution in [0.15, 0.2) is 35.2 Å². The topological polar surface area (TPSA) is 79.4 Å². The summed E-state index contributed by atoms with van der Waals surface area (Å²) >= 11 is 11.8. The Hall–Kier alpha value is -1.67. The van der Waals surface area contributed by atoms with Crippen LogP contribution in [0.3, 0.4) is 0 Å². The maximum Gasteiger partial charge on any atom is 0.275 e. The molecule has 0 aliphatic carbocycles. The summed E-state index contributed by atoms with van der Waals surface area (Å²) in [6.07, 6.45) is 2.75. The van der Waals surface area contributed by atoms with Crippen molar-refractivity contribution in [3.05, 3.63) is 51.8 Å². The van der Waals surface area contributed by atoms with Crippen molar-refractivity contribution in [3.8, 4) is 0 Å². The van der Waals surface area contributed by atoms with Crippen molar-refractivity contribution in [2.75, 3.05) is 18.4 Å². The normalized spacial score (nSPS) is 15.5. The van der Waals surface area contributed by atoms with Crippen LogP contribution < -0.4 is 5.32 Å². The molecule has 0 radical (unpaired) electrons. The molecule has 1 saturated heterocycles. The van der Waals surface area contributed by atoms with E-state index in [4.69, 9.17) is 23.2 Å². The fourth-order valence-corrected chi connectivity index (χ4v) is 4.79. The van der Waals surface area contributed by atoms with E-state index in [1.54, 1.807) is 19.1 Å². The van der Waals surface area contributed by atoms with E-state index in [9.17, 15) is 13.2 Å². The van der Waals surface area contributed by atoms with Gasteiger partial charge in [0.2, 0.25) is 10.0 Å². The van der Waals surface area contributed by atoms with Crippen LogP contribution in [-0.2, 0) is 10.0 Å². The molecule has 1 aromatic carbocycles. The maximum atomic E-state index is 12.9. The molecule has 3 rings (SSSR count). The zero-order valence-electron chi connectivity index (χ0n) is 14.7. The van der Waals surface area contributed by atoms with Crippen LogP contribution in [0.1, 0.15) is 35.3 Å². The summed E-state index contributed by atoms with van der Waals surface area (Å²) in [7, 11) is -3.60. The van der Waals surface area contributed by atoms with Crippen LogP contribution in [-0.4, -0.2) is 36.7 Å². The third kappa shape index (κ3) is 4.43. The molecule has 1 N–H and O–H groups in total. The number of nitrogens with one attached hydrogen (secondary N) is 1. The summed E-state index contributed by atoms with van der Waals surface area (Å²) in [6.45, 7) is 2.81. The number of piperidine rings is 1. The molecular formula is C18H19Cl2N3O3S. The zero-order chi connectivity index (χ0) is 19.6. The van der Waals surface area contributed by atoms with Crippen molar-refractivity contribution in [2.24, 2.45) is 0 Å². The van der Waals surface area contributed by atoms with Gasteiger partial charge < -0.3 is 5.32 Å². The number of anilines is 1. The predicted molar refractivity (Wildman–Crippen MR) is 106 cm³/mol. The quantitative estimate of drug-likeness (QED) is 0.743. The van der Waals surface area contributed by atoms with Gasteiger partial charge in [-0.2, -0.15) is 4.31 Å². The summed E-state index contributed by atoms with van der Waals surface area (Å²) in [5, 5.41) is 2.98. The number of halogens is 2. The van der Waals surface area contributed by atoms with Gasteiger partial charge in [-0.05, 0) is 49.6 Å². The number of pyridine rings is 1. The monoisotopic (exact) mass is 427 g/mol. The van der Waals surface area contributed by atoms with E-state index in [1.165, 1.54) is 22.5 Å². The van der Waals surface area contributed by atoms with Crippen molar-refractivity contribution in [2.45, 2.75) is 31.1 Å². The lowest BCUT2D eigenvalue weighted by Crippen LogP contribution is -2.35. The summed E-state index contributed by atoms with van der Waals surface area (Å²) in [4.78, 5) is 16.6. The highest BCUT2D eigenvalue weighted by Crippen LogP contribution is 2.26. The van der Waals surface area contributed by atoms with Crippen molar-refractivity contribution < 1.29 is 13.2 Å². The molecule has 1 fully saturated rings. The maximum absolute atomic E-state index is 12.9. The van der Waals surface area contributed by atoms with Gasteiger partial charge in [0, 0.05) is 18.8 Å². The number of benzene rings is 1. The molecule has 6 nitrogen and oxygen atoms in total. The van der Waals surface area contributed by atoms with Crippen molar-refractivity contribution in [1.29, 1.82) is 0 Å². The van der Waals surface area contributed by atoms with Crippen molar-refractivity contribution in [1.82, 2.24) is 9.29 Å². The molecule has 27 heavy (non-hydrogen) atoms. The number of carbonyl (C=O) groups is 1. The van der Waals surface area contributed by atoms with E-state index in [-0.39, 0.29) is 20.8 Å². The molecule has 1 aliphatic heterocycles. The summed E-state index contributed by atoms with van der Waals surface area (Å²) in [5.74, 6) is -0.557. The number of hydrogen-bond acceptors (Lipinski definition) is 4. The molecule has 0 saturated carbocycles. The van der Waals surface area contributed by atoms with Gasteiger partial charge in [-0.25, -0.2) is 13.4 Å². The number of sulfonamides is 1. The summed E-state index contributed by atoms with van der Waals surface area (Å²) in [5.41, 5.74) is 1.09. The largest absolute Gasteiger partial charge is 0.320 e. The third-order valence-corrected chi connectivity index (χ3v) is 6.85. The number of aromatic nitrogens is 1. The first kappa shape index (κ1) is 20.1. The fourth-order valence-electron chi connectivity index (χ4n) is 2.91. The lowest BCUT2D eigenvalue weighted by molar-refractivity contribution is 0.102. The van der Waals surface area contributed by atoms with E-state index in [0.29, 0.717) is 18.8 Å². The first-order valence-electron chi connectivity index (χ1n) is 8.53. The Bertz CT molecular complexity index is 974. The number of aryl methyl sites for hydroxylation is 1. The summed E-state index contributed by atoms with van der Waals surface area (Å²) in [6, 6.07) is 7.66. The van der Waals surface area contributed by atoms with E-state index in [1.807, 2.05) is 0 Å². The Morgan fingerprint density at radius 3 is 2.52 bits per heavy atom. The second-order valence-corrected chi connectivity index (χ2v) is 9.09. The van der Waals surface area contributed by atoms with Gasteiger partial charge in [-0.15, -0.1) is 0 Å². The minimum absolute atomic E-state index is 0.0205. The van der Waals surface area contributed by atoms with Crippen molar-refractivity contribution in [3.63, 3.8) is 0 Å². The van der Waals surface area contributed by atoms with Crippen molar-refractivity contribution >= 4 is 44.8 Å². The second kappa shape index (κ2) is 8.14. The highest BCUT2D eigenvalue weighted by molar-refractivity contribution is 7.89. The van der Waals surface area contributed by atoms with Crippen LogP contribution in [0.5, 0.6) is 0 Å². The number of carbonyl (C=O) groups excluding carboxylic acids is 1. The van der Waals surface area contributed by atoms with E-state index in [2.05, 4.69) is 10.3 Å². The Kier molecular flexibility index (Phi) is 6.05. The Morgan fingerprint density at radius 1 is 1.11 bits per heavy atom. The standard InChI is InChI=1S/C18H19Cl2N3O3S/c1-12-5-6-13(27(25,26)23-9-3-2-4-10-23)11-15(12)21-18(24)17-14(19)7-8-16(20)22-17/h5-8,11H,2-4,9-10H2,1H3,(H,21,24). The van der Waals surface area contributed by atoms with Gasteiger partial charge in [0.25, 0.3) is 5.91 Å². The molecule has 9 heteroatoms. The van der Waals surface area contributed by atoms with Gasteiger partial charge >= 0.3 is 0 Å². The van der Waals surface area contributed by atoms with Gasteiger partial charge in [-0.1, -0.05) is 35.7 Å². The highest BCUT2D eigenvalue weighted by atomic mass is 35.5. The zero-order valence-corrected chi connectivity index (χ0v) is 17.0. The smallest absolute Gasteiger partial charge is 0.275 e. The van der Waals surface area contributed by atoms with Crippen LogP contribution in [0.4, 0.5) is 5.69 Å². The molecule has 144 valence electrons.